The minimum atomic E-state index is -1.81. The number of aromatic hydroxyl groups is 1. The molecule has 0 spiro atoms. The van der Waals surface area contributed by atoms with Gasteiger partial charge in [0.05, 0.1) is 29.5 Å². The normalized spacial score (nSPS) is 26.7. The Morgan fingerprint density at radius 3 is 2.42 bits per heavy atom. The van der Waals surface area contributed by atoms with E-state index in [0.29, 0.717) is 32.5 Å². The summed E-state index contributed by atoms with van der Waals surface area (Å²) in [6.07, 6.45) is -0.869. The first kappa shape index (κ1) is 27.3. The number of amidine groups is 1. The fourth-order valence-corrected chi connectivity index (χ4v) is 5.86. The van der Waals surface area contributed by atoms with E-state index in [0.717, 1.165) is 0 Å². The molecule has 0 bridgehead atoms. The van der Waals surface area contributed by atoms with Gasteiger partial charge in [-0.25, -0.2) is 9.18 Å². The second-order valence-electron chi connectivity index (χ2n) is 10.1. The predicted octanol–water partition coefficient (Wildman–Crippen LogP) is 0.200. The lowest BCUT2D eigenvalue weighted by atomic mass is 9.68. The van der Waals surface area contributed by atoms with Crippen LogP contribution in [0.4, 0.5) is 14.9 Å². The number of nitrogens with zero attached hydrogens (tertiary/aromatic N) is 3. The van der Waals surface area contributed by atoms with Crippen molar-refractivity contribution in [3.05, 3.63) is 23.0 Å². The molecule has 12 nitrogen and oxygen atoms in total. The molecule has 1 aromatic rings. The molecule has 4 N–H and O–H groups in total. The molecule has 3 heterocycles. The van der Waals surface area contributed by atoms with Crippen molar-refractivity contribution in [1.29, 1.82) is 5.41 Å². The van der Waals surface area contributed by atoms with Gasteiger partial charge in [0.15, 0.2) is 11.6 Å². The largest absolute Gasteiger partial charge is 0.504 e. The average Bonchev–Trinajstić information content (AvgIpc) is 2.89. The lowest BCUT2D eigenvalue weighted by Crippen LogP contribution is -2.68. The van der Waals surface area contributed by atoms with Gasteiger partial charge < -0.3 is 34.7 Å². The zero-order valence-electron chi connectivity index (χ0n) is 21.8. The van der Waals surface area contributed by atoms with Crippen LogP contribution >= 0.6 is 0 Å². The molecule has 1 aromatic carbocycles. The van der Waals surface area contributed by atoms with Crippen molar-refractivity contribution in [3.8, 4) is 5.75 Å². The zero-order valence-corrected chi connectivity index (χ0v) is 21.8. The highest BCUT2D eigenvalue weighted by Crippen LogP contribution is 2.48. The topological polar surface area (TPSA) is 155 Å². The molecule has 0 radical (unpaired) electrons. The molecule has 206 valence electrons. The Labute approximate surface area is 219 Å². The zero-order chi connectivity index (χ0) is 27.9. The highest BCUT2D eigenvalue weighted by Gasteiger charge is 2.57. The Morgan fingerprint density at radius 1 is 1.21 bits per heavy atom. The summed E-state index contributed by atoms with van der Waals surface area (Å²) in [5, 5.41) is 24.1. The molecule has 4 amide bonds. The number of ether oxygens (including phenoxy) is 1. The first-order valence-corrected chi connectivity index (χ1v) is 12.5. The maximum Gasteiger partial charge on any atom is 0.321 e. The molecule has 4 rings (SSSR count). The molecule has 0 saturated carbocycles. The van der Waals surface area contributed by atoms with E-state index >= 15 is 4.39 Å². The number of nitrogens with one attached hydrogen (secondary N) is 3. The molecular weight excluding hydrogens is 499 g/mol. The first-order chi connectivity index (χ1) is 17.9. The van der Waals surface area contributed by atoms with E-state index < -0.39 is 41.1 Å². The standard InChI is InChI=1S/C25H33FN6O6/c1-13-11-32-19-16(10-25(12-33,21(32)14(2)38-13)23(36)29-24(37)28-4)9-17(20(35)18(19)26)22(27)31-7-5-30(6-8-31)15(3)34/h9,12-14,21,27,35H,5-8,10-11H2,1-4H3,(H2,28,29,36,37)/t13-,14+,21?,25?/m1/s1. The lowest BCUT2D eigenvalue weighted by Gasteiger charge is -2.53. The van der Waals surface area contributed by atoms with Crippen molar-refractivity contribution in [2.45, 2.75) is 45.4 Å². The third-order valence-corrected chi connectivity index (χ3v) is 7.66. The maximum absolute atomic E-state index is 15.9. The average molecular weight is 533 g/mol. The van der Waals surface area contributed by atoms with E-state index in [2.05, 4.69) is 10.6 Å². The second kappa shape index (κ2) is 10.2. The van der Waals surface area contributed by atoms with Crippen molar-refractivity contribution < 1.29 is 33.4 Å². The number of urea groups is 1. The van der Waals surface area contributed by atoms with E-state index in [1.165, 1.54) is 20.0 Å². The minimum absolute atomic E-state index is 0.0395. The number of phenols is 1. The molecule has 4 atom stereocenters. The number of phenolic OH excluding ortho intramolecular Hbond substituents is 1. The number of fused-ring (bicyclic) bond motifs is 3. The van der Waals surface area contributed by atoms with Crippen LogP contribution in [0, 0.1) is 16.6 Å². The molecule has 2 unspecified atom stereocenters. The fourth-order valence-electron chi connectivity index (χ4n) is 5.86. The van der Waals surface area contributed by atoms with E-state index in [1.54, 1.807) is 28.5 Å². The third-order valence-electron chi connectivity index (χ3n) is 7.66. The molecule has 2 fully saturated rings. The van der Waals surface area contributed by atoms with Crippen molar-refractivity contribution in [1.82, 2.24) is 20.4 Å². The van der Waals surface area contributed by atoms with Crippen LogP contribution in [0.5, 0.6) is 5.75 Å². The van der Waals surface area contributed by atoms with Gasteiger partial charge in [-0.3, -0.25) is 20.3 Å². The Kier molecular flexibility index (Phi) is 7.33. The number of aldehydes is 1. The number of hydrogen-bond acceptors (Lipinski definition) is 8. The van der Waals surface area contributed by atoms with Crippen LogP contribution in [0.25, 0.3) is 0 Å². The molecule has 13 heteroatoms. The summed E-state index contributed by atoms with van der Waals surface area (Å²) in [4.78, 5) is 54.6. The summed E-state index contributed by atoms with van der Waals surface area (Å²) in [6, 6.07) is -0.317. The van der Waals surface area contributed by atoms with Gasteiger partial charge in [0.25, 0.3) is 0 Å². The number of anilines is 1. The SMILES string of the molecule is CNC(=O)NC(=O)C1(C=O)Cc2cc(C(=N)N3CCN(C(C)=O)CC3)c(O)c(F)c2N2C[C@@H](C)O[C@@H](C)C21. The lowest BCUT2D eigenvalue weighted by molar-refractivity contribution is -0.144. The van der Waals surface area contributed by atoms with Crippen LogP contribution in [0.1, 0.15) is 31.9 Å². The Balaban J connectivity index is 1.79. The van der Waals surface area contributed by atoms with Gasteiger partial charge in [0.2, 0.25) is 11.8 Å². The number of halogens is 1. The van der Waals surface area contributed by atoms with Crippen molar-refractivity contribution >= 4 is 35.7 Å². The predicted molar refractivity (Wildman–Crippen MR) is 135 cm³/mol. The Bertz CT molecular complexity index is 1190. The minimum Gasteiger partial charge on any atom is -0.504 e. The molecular formula is C25H33FN6O6. The second-order valence-corrected chi connectivity index (χ2v) is 10.1. The summed E-state index contributed by atoms with van der Waals surface area (Å²) < 4.78 is 21.8. The van der Waals surface area contributed by atoms with Crippen LogP contribution in [-0.4, -0.2) is 103 Å². The van der Waals surface area contributed by atoms with Crippen LogP contribution in [0.2, 0.25) is 0 Å². The fraction of sp³-hybridized carbons (Fsp3) is 0.560. The van der Waals surface area contributed by atoms with Crippen molar-refractivity contribution in [2.75, 3.05) is 44.7 Å². The summed E-state index contributed by atoms with van der Waals surface area (Å²) in [5.41, 5.74) is -1.61. The number of hydrogen-bond donors (Lipinski definition) is 4. The summed E-state index contributed by atoms with van der Waals surface area (Å²) in [6.45, 7) is 6.45. The van der Waals surface area contributed by atoms with E-state index in [4.69, 9.17) is 10.1 Å². The number of carbonyl (C=O) groups is 4. The first-order valence-electron chi connectivity index (χ1n) is 12.5. The maximum atomic E-state index is 15.9. The van der Waals surface area contributed by atoms with E-state index in [1.807, 2.05) is 0 Å². The van der Waals surface area contributed by atoms with Crippen LogP contribution in [0.3, 0.4) is 0 Å². The quantitative estimate of drug-likeness (QED) is 0.186. The summed E-state index contributed by atoms with van der Waals surface area (Å²) in [5.74, 6) is -2.74. The monoisotopic (exact) mass is 532 g/mol. The van der Waals surface area contributed by atoms with E-state index in [-0.39, 0.29) is 47.6 Å². The Morgan fingerprint density at radius 2 is 1.84 bits per heavy atom. The summed E-state index contributed by atoms with van der Waals surface area (Å²) in [7, 11) is 1.33. The molecule has 2 saturated heterocycles. The highest BCUT2D eigenvalue weighted by atomic mass is 19.1. The molecule has 0 aliphatic carbocycles. The van der Waals surface area contributed by atoms with Crippen molar-refractivity contribution in [3.63, 3.8) is 0 Å². The third kappa shape index (κ3) is 4.44. The molecule has 0 aromatic heterocycles. The number of amides is 4. The smallest absolute Gasteiger partial charge is 0.321 e. The van der Waals surface area contributed by atoms with Gasteiger partial charge in [0, 0.05) is 46.7 Å². The molecule has 3 aliphatic heterocycles. The van der Waals surface area contributed by atoms with Gasteiger partial charge in [0.1, 0.15) is 17.5 Å². The number of rotatable bonds is 3. The number of carbonyl (C=O) groups excluding carboxylic acids is 4. The van der Waals surface area contributed by atoms with Crippen molar-refractivity contribution in [2.24, 2.45) is 5.41 Å². The van der Waals surface area contributed by atoms with E-state index in [9.17, 15) is 24.3 Å². The molecule has 3 aliphatic rings. The van der Waals surface area contributed by atoms with Gasteiger partial charge >= 0.3 is 6.03 Å². The van der Waals surface area contributed by atoms with Gasteiger partial charge in [-0.1, -0.05) is 0 Å². The van der Waals surface area contributed by atoms with Crippen LogP contribution in [-0.2, 0) is 25.5 Å². The Hall–Kier alpha value is -3.74. The van der Waals surface area contributed by atoms with Crippen LogP contribution in [0.15, 0.2) is 6.07 Å². The number of benzene rings is 1. The number of imide groups is 1. The van der Waals surface area contributed by atoms with Gasteiger partial charge in [-0.2, -0.15) is 0 Å². The van der Waals surface area contributed by atoms with Gasteiger partial charge in [-0.05, 0) is 31.9 Å². The highest BCUT2D eigenvalue weighted by molar-refractivity contribution is 6.07. The van der Waals surface area contributed by atoms with Crippen LogP contribution < -0.4 is 15.5 Å². The summed E-state index contributed by atoms with van der Waals surface area (Å²) >= 11 is 0. The molecule has 38 heavy (non-hydrogen) atoms. The van der Waals surface area contributed by atoms with Gasteiger partial charge in [-0.15, -0.1) is 0 Å². The number of piperazine rings is 1. The number of morpholine rings is 1.